The molecule has 0 bridgehead atoms. The van der Waals surface area contributed by atoms with Gasteiger partial charge >= 0.3 is 0 Å². The number of benzene rings is 3. The summed E-state index contributed by atoms with van der Waals surface area (Å²) in [5.74, 6) is 0.864. The van der Waals surface area contributed by atoms with Crippen LogP contribution < -0.4 is 10.1 Å². The fraction of sp³-hybridized carbons (Fsp3) is 0.0909. The average Bonchev–Trinajstić information content (AvgIpc) is 3.14. The maximum atomic E-state index is 13.3. The molecule has 0 unspecified atom stereocenters. The number of ether oxygens (including phenoxy) is 1. The van der Waals surface area contributed by atoms with Crippen molar-refractivity contribution < 1.29 is 13.9 Å². The number of anilines is 1. The third-order valence-corrected chi connectivity index (χ3v) is 6.16. The van der Waals surface area contributed by atoms with Gasteiger partial charge in [0.2, 0.25) is 0 Å². The molecular weight excluding hydrogens is 407 g/mol. The van der Waals surface area contributed by atoms with Crippen LogP contribution in [-0.4, -0.2) is 23.3 Å². The van der Waals surface area contributed by atoms with Gasteiger partial charge in [0.15, 0.2) is 4.34 Å². The van der Waals surface area contributed by atoms with E-state index in [0.29, 0.717) is 12.3 Å². The fourth-order valence-electron chi connectivity index (χ4n) is 2.68. The molecule has 1 amide bonds. The van der Waals surface area contributed by atoms with Gasteiger partial charge < -0.3 is 10.1 Å². The number of amides is 1. The van der Waals surface area contributed by atoms with E-state index >= 15 is 0 Å². The number of thiazole rings is 1. The number of rotatable bonds is 7. The molecule has 0 saturated carbocycles. The number of fused-ring (bicyclic) bond motifs is 1. The Kier molecular flexibility index (Phi) is 6.07. The molecule has 0 saturated heterocycles. The maximum Gasteiger partial charge on any atom is 0.255 e. The van der Waals surface area contributed by atoms with E-state index in [0.717, 1.165) is 26.1 Å². The summed E-state index contributed by atoms with van der Waals surface area (Å²) in [4.78, 5) is 16.9. The van der Waals surface area contributed by atoms with Gasteiger partial charge in [-0.1, -0.05) is 36.0 Å². The first-order valence-electron chi connectivity index (χ1n) is 8.95. The first-order valence-corrected chi connectivity index (χ1v) is 10.8. The molecule has 1 aromatic heterocycles. The van der Waals surface area contributed by atoms with Crippen LogP contribution in [-0.2, 0) is 0 Å². The molecule has 0 radical (unpaired) electrons. The molecule has 0 aliphatic carbocycles. The van der Waals surface area contributed by atoms with Gasteiger partial charge in [0.05, 0.1) is 16.8 Å². The summed E-state index contributed by atoms with van der Waals surface area (Å²) >= 11 is 3.21. The molecule has 146 valence electrons. The van der Waals surface area contributed by atoms with E-state index < -0.39 is 5.82 Å². The van der Waals surface area contributed by atoms with Crippen molar-refractivity contribution in [3.8, 4) is 5.75 Å². The van der Waals surface area contributed by atoms with Crippen LogP contribution >= 0.6 is 23.1 Å². The molecule has 4 nitrogen and oxygen atoms in total. The number of para-hydroxylation sites is 1. The van der Waals surface area contributed by atoms with E-state index in [4.69, 9.17) is 4.74 Å². The van der Waals surface area contributed by atoms with Gasteiger partial charge in [0.25, 0.3) is 5.91 Å². The van der Waals surface area contributed by atoms with E-state index in [1.807, 2.05) is 42.5 Å². The van der Waals surface area contributed by atoms with Crippen molar-refractivity contribution >= 4 is 44.9 Å². The third-order valence-electron chi connectivity index (χ3n) is 4.03. The van der Waals surface area contributed by atoms with Crippen molar-refractivity contribution in [2.24, 2.45) is 0 Å². The highest BCUT2D eigenvalue weighted by atomic mass is 32.2. The number of hydrogen-bond acceptors (Lipinski definition) is 5. The molecule has 1 heterocycles. The second-order valence-electron chi connectivity index (χ2n) is 6.14. The fourth-order valence-corrected chi connectivity index (χ4v) is 4.68. The van der Waals surface area contributed by atoms with E-state index in [-0.39, 0.29) is 11.5 Å². The molecule has 4 rings (SSSR count). The lowest BCUT2D eigenvalue weighted by Gasteiger charge is -2.05. The van der Waals surface area contributed by atoms with Crippen molar-refractivity contribution in [1.82, 2.24) is 4.98 Å². The number of nitrogens with one attached hydrogen (secondary N) is 1. The number of aromatic nitrogens is 1. The van der Waals surface area contributed by atoms with E-state index in [2.05, 4.69) is 10.3 Å². The van der Waals surface area contributed by atoms with Gasteiger partial charge in [-0.25, -0.2) is 9.37 Å². The first kappa shape index (κ1) is 19.4. The van der Waals surface area contributed by atoms with Gasteiger partial charge in [0.1, 0.15) is 11.6 Å². The van der Waals surface area contributed by atoms with Crippen molar-refractivity contribution in [1.29, 1.82) is 0 Å². The Morgan fingerprint density at radius 3 is 2.76 bits per heavy atom. The quantitative estimate of drug-likeness (QED) is 0.298. The molecule has 4 aromatic rings. The van der Waals surface area contributed by atoms with Crippen LogP contribution in [0.15, 0.2) is 77.1 Å². The Bertz CT molecular complexity index is 1130. The van der Waals surface area contributed by atoms with Crippen LogP contribution in [0.25, 0.3) is 10.2 Å². The molecule has 29 heavy (non-hydrogen) atoms. The number of nitrogens with zero attached hydrogens (tertiary/aromatic N) is 1. The Balaban J connectivity index is 1.36. The summed E-state index contributed by atoms with van der Waals surface area (Å²) < 4.78 is 20.9. The van der Waals surface area contributed by atoms with Gasteiger partial charge in [-0.3, -0.25) is 4.79 Å². The Hall–Kier alpha value is -2.90. The highest BCUT2D eigenvalue weighted by Crippen LogP contribution is 2.31. The molecule has 3 aromatic carbocycles. The minimum absolute atomic E-state index is 0.282. The van der Waals surface area contributed by atoms with E-state index in [1.54, 1.807) is 35.2 Å². The minimum Gasteiger partial charge on any atom is -0.493 e. The van der Waals surface area contributed by atoms with Crippen LogP contribution in [0, 0.1) is 5.82 Å². The lowest BCUT2D eigenvalue weighted by molar-refractivity contribution is 0.102. The summed E-state index contributed by atoms with van der Waals surface area (Å²) in [5, 5.41) is 2.80. The van der Waals surface area contributed by atoms with Crippen LogP contribution in [0.4, 0.5) is 10.1 Å². The lowest BCUT2D eigenvalue weighted by Crippen LogP contribution is -2.11. The lowest BCUT2D eigenvalue weighted by atomic mass is 10.2. The summed E-state index contributed by atoms with van der Waals surface area (Å²) in [6, 6.07) is 20.9. The van der Waals surface area contributed by atoms with Gasteiger partial charge in [-0.05, 0) is 48.5 Å². The molecule has 7 heteroatoms. The van der Waals surface area contributed by atoms with Gasteiger partial charge in [-0.15, -0.1) is 11.3 Å². The van der Waals surface area contributed by atoms with Crippen LogP contribution in [0.1, 0.15) is 10.4 Å². The summed E-state index contributed by atoms with van der Waals surface area (Å²) in [5.41, 5.74) is 1.81. The molecule has 0 aliphatic heterocycles. The summed E-state index contributed by atoms with van der Waals surface area (Å²) in [6.45, 7) is 0.597. The highest BCUT2D eigenvalue weighted by molar-refractivity contribution is 8.01. The number of halogens is 1. The summed E-state index contributed by atoms with van der Waals surface area (Å²) in [6.07, 6.45) is 0. The standard InChI is InChI=1S/C22H17FN2O2S2/c23-16-6-4-5-15(13-16)21(26)24-17-9-10-19-20(14-17)29-22(25-19)28-12-11-27-18-7-2-1-3-8-18/h1-10,13-14H,11-12H2,(H,24,26). The number of carbonyl (C=O) groups excluding carboxylic acids is 1. The second kappa shape index (κ2) is 9.07. The van der Waals surface area contributed by atoms with Crippen LogP contribution in [0.2, 0.25) is 0 Å². The molecular formula is C22H17FN2O2S2. The maximum absolute atomic E-state index is 13.3. The zero-order valence-electron chi connectivity index (χ0n) is 15.3. The Labute approximate surface area is 175 Å². The predicted molar refractivity (Wildman–Crippen MR) is 117 cm³/mol. The molecule has 0 aliphatic rings. The van der Waals surface area contributed by atoms with Crippen LogP contribution in [0.3, 0.4) is 0 Å². The predicted octanol–water partition coefficient (Wildman–Crippen LogP) is 5.86. The molecule has 0 spiro atoms. The zero-order chi connectivity index (χ0) is 20.1. The SMILES string of the molecule is O=C(Nc1ccc2nc(SCCOc3ccccc3)sc2c1)c1cccc(F)c1. The second-order valence-corrected chi connectivity index (χ2v) is 8.51. The summed E-state index contributed by atoms with van der Waals surface area (Å²) in [7, 11) is 0. The van der Waals surface area contributed by atoms with Crippen LogP contribution in [0.5, 0.6) is 5.75 Å². The first-order chi connectivity index (χ1) is 14.2. The topological polar surface area (TPSA) is 51.2 Å². The van der Waals surface area contributed by atoms with Crippen molar-refractivity contribution in [3.63, 3.8) is 0 Å². The molecule has 0 atom stereocenters. The molecule has 0 fully saturated rings. The molecule has 1 N–H and O–H groups in total. The largest absolute Gasteiger partial charge is 0.493 e. The zero-order valence-corrected chi connectivity index (χ0v) is 16.9. The van der Waals surface area contributed by atoms with E-state index in [9.17, 15) is 9.18 Å². The van der Waals surface area contributed by atoms with E-state index in [1.165, 1.54) is 18.2 Å². The average molecular weight is 425 g/mol. The smallest absolute Gasteiger partial charge is 0.255 e. The number of thioether (sulfide) groups is 1. The normalized spacial score (nSPS) is 10.8. The highest BCUT2D eigenvalue weighted by Gasteiger charge is 2.10. The minimum atomic E-state index is -0.437. The van der Waals surface area contributed by atoms with Crippen molar-refractivity contribution in [3.05, 3.63) is 84.2 Å². The number of carbonyl (C=O) groups is 1. The third kappa shape index (κ3) is 5.13. The van der Waals surface area contributed by atoms with Crippen molar-refractivity contribution in [2.75, 3.05) is 17.7 Å². The Morgan fingerprint density at radius 1 is 1.07 bits per heavy atom. The monoisotopic (exact) mass is 424 g/mol. The van der Waals surface area contributed by atoms with Gasteiger partial charge in [-0.2, -0.15) is 0 Å². The Morgan fingerprint density at radius 2 is 1.93 bits per heavy atom. The number of hydrogen-bond donors (Lipinski definition) is 1. The van der Waals surface area contributed by atoms with Crippen molar-refractivity contribution in [2.45, 2.75) is 4.34 Å². The van der Waals surface area contributed by atoms with Gasteiger partial charge in [0, 0.05) is 17.0 Å².